The summed E-state index contributed by atoms with van der Waals surface area (Å²) in [6.45, 7) is 0. The average Bonchev–Trinajstić information content (AvgIpc) is 3.33. The molecule has 0 unspecified atom stereocenters. The second kappa shape index (κ2) is 8.53. The van der Waals surface area contributed by atoms with Crippen molar-refractivity contribution in [2.45, 2.75) is 38.1 Å². The molecule has 1 atom stereocenters. The van der Waals surface area contributed by atoms with Crippen molar-refractivity contribution < 1.29 is 18.1 Å². The van der Waals surface area contributed by atoms with E-state index in [0.717, 1.165) is 19.3 Å². The number of aromatic nitrogens is 2. The summed E-state index contributed by atoms with van der Waals surface area (Å²) in [5.41, 5.74) is 6.83. The maximum atomic E-state index is 13.8. The molecule has 2 heterocycles. The van der Waals surface area contributed by atoms with Crippen LogP contribution in [0.4, 0.5) is 4.39 Å². The molecule has 0 radical (unpaired) electrons. The number of nitrogens with zero attached hydrogens (tertiary/aromatic N) is 2. The highest BCUT2D eigenvalue weighted by atomic mass is 19.1. The van der Waals surface area contributed by atoms with Crippen LogP contribution in [0.25, 0.3) is 11.3 Å². The first-order valence-electron chi connectivity index (χ1n) is 8.55. The number of rotatable bonds is 9. The van der Waals surface area contributed by atoms with Gasteiger partial charge in [0, 0.05) is 12.5 Å². The van der Waals surface area contributed by atoms with E-state index in [1.807, 2.05) is 0 Å². The minimum Gasteiger partial charge on any atom is -0.439 e. The lowest BCUT2D eigenvalue weighted by molar-refractivity contribution is 0.0970. The van der Waals surface area contributed by atoms with Crippen molar-refractivity contribution in [1.82, 2.24) is 10.1 Å². The van der Waals surface area contributed by atoms with Crippen LogP contribution >= 0.6 is 0 Å². The minimum absolute atomic E-state index is 0.0229. The van der Waals surface area contributed by atoms with E-state index >= 15 is 0 Å². The van der Waals surface area contributed by atoms with Gasteiger partial charge >= 0.3 is 0 Å². The Morgan fingerprint density at radius 1 is 1.19 bits per heavy atom. The number of hydrogen-bond donors (Lipinski definition) is 1. The Labute approximate surface area is 150 Å². The first-order chi connectivity index (χ1) is 12.6. The summed E-state index contributed by atoms with van der Waals surface area (Å²) in [5, 5.41) is 3.62. The Bertz CT molecular complexity index is 845. The van der Waals surface area contributed by atoms with Crippen LogP contribution in [0.3, 0.4) is 0 Å². The molecule has 3 aromatic rings. The van der Waals surface area contributed by atoms with E-state index in [1.165, 1.54) is 18.5 Å². The Hall–Kier alpha value is -2.80. The molecule has 1 aromatic carbocycles. The maximum absolute atomic E-state index is 13.8. The average molecular weight is 357 g/mol. The summed E-state index contributed by atoms with van der Waals surface area (Å²) in [4.78, 5) is 15.9. The summed E-state index contributed by atoms with van der Waals surface area (Å²) in [6.07, 6.45) is 6.43. The van der Waals surface area contributed by atoms with Crippen LogP contribution < -0.4 is 5.73 Å². The molecule has 3 rings (SSSR count). The Balaban J connectivity index is 1.43. The van der Waals surface area contributed by atoms with Crippen molar-refractivity contribution >= 4 is 5.78 Å². The van der Waals surface area contributed by atoms with Gasteiger partial charge in [0.1, 0.15) is 17.8 Å². The maximum Gasteiger partial charge on any atom is 0.211 e. The SMILES string of the molecule is N[C@@H](CCCCCC(=O)c1ccon1)c1ncc(-c2ccccc2F)o1. The molecule has 0 saturated heterocycles. The highest BCUT2D eigenvalue weighted by Gasteiger charge is 2.16. The number of carbonyl (C=O) groups excluding carboxylic acids is 1. The molecule has 2 aromatic heterocycles. The second-order valence-electron chi connectivity index (χ2n) is 6.06. The number of hydrogen-bond acceptors (Lipinski definition) is 6. The smallest absolute Gasteiger partial charge is 0.211 e. The fourth-order valence-corrected chi connectivity index (χ4v) is 2.68. The molecule has 7 heteroatoms. The van der Waals surface area contributed by atoms with Crippen LogP contribution in [-0.4, -0.2) is 15.9 Å². The Kier molecular flexibility index (Phi) is 5.91. The van der Waals surface area contributed by atoms with Crippen molar-refractivity contribution in [2.24, 2.45) is 5.73 Å². The molecular formula is C19H20FN3O3. The number of carbonyl (C=O) groups is 1. The molecule has 0 aliphatic carbocycles. The number of benzene rings is 1. The summed E-state index contributed by atoms with van der Waals surface area (Å²) >= 11 is 0. The van der Waals surface area contributed by atoms with E-state index in [4.69, 9.17) is 10.2 Å². The van der Waals surface area contributed by atoms with Gasteiger partial charge in [-0.1, -0.05) is 30.1 Å². The van der Waals surface area contributed by atoms with Crippen LogP contribution in [0.5, 0.6) is 0 Å². The number of nitrogens with two attached hydrogens (primary N) is 1. The summed E-state index contributed by atoms with van der Waals surface area (Å²) in [5.74, 6) is 0.375. The van der Waals surface area contributed by atoms with Gasteiger partial charge in [0.25, 0.3) is 0 Å². The lowest BCUT2D eigenvalue weighted by Gasteiger charge is -2.07. The van der Waals surface area contributed by atoms with E-state index in [0.29, 0.717) is 35.7 Å². The number of unbranched alkanes of at least 4 members (excludes halogenated alkanes) is 2. The molecule has 0 aliphatic rings. The highest BCUT2D eigenvalue weighted by Crippen LogP contribution is 2.26. The third-order valence-electron chi connectivity index (χ3n) is 4.12. The largest absolute Gasteiger partial charge is 0.439 e. The molecule has 0 amide bonds. The first-order valence-corrected chi connectivity index (χ1v) is 8.55. The number of ketones is 1. The number of Topliss-reactive ketones (excluding diaryl/α,β-unsaturated/α-hetero) is 1. The fraction of sp³-hybridized carbons (Fsp3) is 0.316. The van der Waals surface area contributed by atoms with Crippen molar-refractivity contribution in [1.29, 1.82) is 0 Å². The zero-order chi connectivity index (χ0) is 18.4. The van der Waals surface area contributed by atoms with Crippen LogP contribution in [0.15, 0.2) is 51.7 Å². The third kappa shape index (κ3) is 4.43. The van der Waals surface area contributed by atoms with Crippen molar-refractivity contribution in [3.05, 3.63) is 60.2 Å². The van der Waals surface area contributed by atoms with Crippen LogP contribution in [0.2, 0.25) is 0 Å². The highest BCUT2D eigenvalue weighted by molar-refractivity contribution is 5.93. The van der Waals surface area contributed by atoms with Gasteiger partial charge in [-0.15, -0.1) is 0 Å². The first kappa shape index (κ1) is 18.0. The summed E-state index contributed by atoms with van der Waals surface area (Å²) < 4.78 is 24.0. The molecule has 136 valence electrons. The van der Waals surface area contributed by atoms with Gasteiger partial charge < -0.3 is 14.7 Å². The van der Waals surface area contributed by atoms with Crippen LogP contribution in [0, 0.1) is 5.82 Å². The van der Waals surface area contributed by atoms with Crippen molar-refractivity contribution in [3.63, 3.8) is 0 Å². The molecular weight excluding hydrogens is 337 g/mol. The van der Waals surface area contributed by atoms with Gasteiger partial charge in [-0.3, -0.25) is 4.79 Å². The predicted molar refractivity (Wildman–Crippen MR) is 92.7 cm³/mol. The number of oxazole rings is 1. The Morgan fingerprint density at radius 2 is 2.04 bits per heavy atom. The zero-order valence-electron chi connectivity index (χ0n) is 14.2. The van der Waals surface area contributed by atoms with Gasteiger partial charge in [-0.25, -0.2) is 9.37 Å². The van der Waals surface area contributed by atoms with Gasteiger partial charge in [0.05, 0.1) is 17.8 Å². The molecule has 0 saturated carbocycles. The zero-order valence-corrected chi connectivity index (χ0v) is 14.2. The lowest BCUT2D eigenvalue weighted by atomic mass is 10.1. The monoisotopic (exact) mass is 357 g/mol. The van der Waals surface area contributed by atoms with E-state index in [9.17, 15) is 9.18 Å². The predicted octanol–water partition coefficient (Wildman–Crippen LogP) is 4.30. The van der Waals surface area contributed by atoms with Gasteiger partial charge in [0.15, 0.2) is 11.5 Å². The summed E-state index contributed by atoms with van der Waals surface area (Å²) in [6, 6.07) is 7.57. The van der Waals surface area contributed by atoms with E-state index < -0.39 is 0 Å². The van der Waals surface area contributed by atoms with Crippen molar-refractivity contribution in [3.8, 4) is 11.3 Å². The third-order valence-corrected chi connectivity index (χ3v) is 4.12. The molecule has 26 heavy (non-hydrogen) atoms. The Morgan fingerprint density at radius 3 is 2.81 bits per heavy atom. The van der Waals surface area contributed by atoms with Gasteiger partial charge in [0.2, 0.25) is 5.89 Å². The lowest BCUT2D eigenvalue weighted by Crippen LogP contribution is -2.10. The fourth-order valence-electron chi connectivity index (χ4n) is 2.68. The molecule has 0 aliphatic heterocycles. The molecule has 0 fully saturated rings. The minimum atomic E-state index is -0.361. The van der Waals surface area contributed by atoms with Crippen LogP contribution in [-0.2, 0) is 0 Å². The van der Waals surface area contributed by atoms with Crippen LogP contribution in [0.1, 0.15) is 54.5 Å². The van der Waals surface area contributed by atoms with Gasteiger partial charge in [-0.05, 0) is 25.0 Å². The second-order valence-corrected chi connectivity index (χ2v) is 6.06. The number of halogens is 1. The van der Waals surface area contributed by atoms with E-state index in [2.05, 4.69) is 14.7 Å². The molecule has 2 N–H and O–H groups in total. The molecule has 6 nitrogen and oxygen atoms in total. The quantitative estimate of drug-likeness (QED) is 0.453. The normalized spacial score (nSPS) is 12.2. The van der Waals surface area contributed by atoms with Gasteiger partial charge in [-0.2, -0.15) is 0 Å². The van der Waals surface area contributed by atoms with E-state index in [1.54, 1.807) is 24.3 Å². The standard InChI is InChI=1S/C19H20FN3O3/c20-14-7-5-4-6-13(14)18-12-22-19(26-18)15(21)8-2-1-3-9-17(24)16-10-11-25-23-16/h4-7,10-12,15H,1-3,8-9,21H2/t15-/m0/s1. The van der Waals surface area contributed by atoms with E-state index in [-0.39, 0.29) is 17.6 Å². The summed E-state index contributed by atoms with van der Waals surface area (Å²) in [7, 11) is 0. The topological polar surface area (TPSA) is 95.2 Å². The molecule has 0 spiro atoms. The van der Waals surface area contributed by atoms with Crippen molar-refractivity contribution in [2.75, 3.05) is 0 Å². The molecule has 0 bridgehead atoms.